The largest absolute Gasteiger partial charge is 0.278 e. The van der Waals surface area contributed by atoms with E-state index in [2.05, 4.69) is 35.1 Å². The SMILES string of the molecule is Cc1ccc(S(=O)(=O)Nc2ccccc2Sc2ccc3ccccc3c2)cc1. The number of anilines is 1. The number of rotatable bonds is 5. The average molecular weight is 406 g/mol. The van der Waals surface area contributed by atoms with Crippen molar-refractivity contribution in [3.05, 3.63) is 96.6 Å². The molecular formula is C23H19NO2S2. The van der Waals surface area contributed by atoms with Crippen molar-refractivity contribution in [1.29, 1.82) is 0 Å². The molecule has 0 bridgehead atoms. The molecule has 0 radical (unpaired) electrons. The molecule has 0 fully saturated rings. The average Bonchev–Trinajstić information content (AvgIpc) is 2.69. The summed E-state index contributed by atoms with van der Waals surface area (Å²) < 4.78 is 28.3. The highest BCUT2D eigenvalue weighted by Gasteiger charge is 2.16. The number of nitrogens with one attached hydrogen (secondary N) is 1. The molecule has 28 heavy (non-hydrogen) atoms. The first-order chi connectivity index (χ1) is 13.5. The van der Waals surface area contributed by atoms with Crippen LogP contribution in [0.3, 0.4) is 0 Å². The third-order valence-corrected chi connectivity index (χ3v) is 6.86. The molecule has 0 aromatic heterocycles. The van der Waals surface area contributed by atoms with E-state index in [0.29, 0.717) is 5.69 Å². The summed E-state index contributed by atoms with van der Waals surface area (Å²) in [5.74, 6) is 0. The molecule has 0 amide bonds. The van der Waals surface area contributed by atoms with E-state index in [-0.39, 0.29) is 4.90 Å². The van der Waals surface area contributed by atoms with Gasteiger partial charge in [-0.25, -0.2) is 8.42 Å². The van der Waals surface area contributed by atoms with Crippen LogP contribution in [0, 0.1) is 6.92 Å². The zero-order valence-corrected chi connectivity index (χ0v) is 16.9. The minimum absolute atomic E-state index is 0.253. The highest BCUT2D eigenvalue weighted by atomic mass is 32.2. The Hall–Kier alpha value is -2.76. The van der Waals surface area contributed by atoms with Crippen LogP contribution in [0.4, 0.5) is 5.69 Å². The standard InChI is InChI=1S/C23H19NO2S2/c1-17-10-14-21(15-11-17)28(25,26)24-22-8-4-5-9-23(22)27-20-13-12-18-6-2-3-7-19(18)16-20/h2-16,24H,1H3. The second-order valence-corrected chi connectivity index (χ2v) is 9.32. The van der Waals surface area contributed by atoms with Gasteiger partial charge in [-0.2, -0.15) is 0 Å². The van der Waals surface area contributed by atoms with Gasteiger partial charge in [0.25, 0.3) is 10.0 Å². The van der Waals surface area contributed by atoms with Gasteiger partial charge in [0.05, 0.1) is 10.6 Å². The zero-order valence-electron chi connectivity index (χ0n) is 15.3. The predicted molar refractivity (Wildman–Crippen MR) is 117 cm³/mol. The fraction of sp³-hybridized carbons (Fsp3) is 0.0435. The lowest BCUT2D eigenvalue weighted by Gasteiger charge is -2.13. The molecule has 0 aliphatic rings. The number of para-hydroxylation sites is 1. The molecule has 0 saturated carbocycles. The Kier molecular flexibility index (Phi) is 5.11. The van der Waals surface area contributed by atoms with Crippen molar-refractivity contribution in [2.75, 3.05) is 4.72 Å². The van der Waals surface area contributed by atoms with Gasteiger partial charge in [0.1, 0.15) is 0 Å². The number of benzene rings is 4. The minimum atomic E-state index is -3.64. The predicted octanol–water partition coefficient (Wildman–Crippen LogP) is 6.10. The van der Waals surface area contributed by atoms with Gasteiger partial charge in [0, 0.05) is 9.79 Å². The van der Waals surface area contributed by atoms with Crippen LogP contribution >= 0.6 is 11.8 Å². The molecule has 0 heterocycles. The van der Waals surface area contributed by atoms with Gasteiger partial charge < -0.3 is 0 Å². The molecule has 5 heteroatoms. The van der Waals surface area contributed by atoms with Crippen LogP contribution in [0.1, 0.15) is 5.56 Å². The van der Waals surface area contributed by atoms with Gasteiger partial charge in [0.2, 0.25) is 0 Å². The van der Waals surface area contributed by atoms with Crippen LogP contribution in [0.2, 0.25) is 0 Å². The summed E-state index contributed by atoms with van der Waals surface area (Å²) in [6, 6.07) is 28.7. The maximum atomic E-state index is 12.8. The summed E-state index contributed by atoms with van der Waals surface area (Å²) in [5.41, 5.74) is 1.59. The molecule has 4 aromatic carbocycles. The quantitative estimate of drug-likeness (QED) is 0.436. The van der Waals surface area contributed by atoms with E-state index in [0.717, 1.165) is 20.7 Å². The van der Waals surface area contributed by atoms with Crippen molar-refractivity contribution in [2.24, 2.45) is 0 Å². The van der Waals surface area contributed by atoms with E-state index >= 15 is 0 Å². The molecule has 0 saturated heterocycles. The van der Waals surface area contributed by atoms with Gasteiger partial charge in [-0.15, -0.1) is 0 Å². The molecule has 4 rings (SSSR count). The van der Waals surface area contributed by atoms with E-state index in [9.17, 15) is 8.42 Å². The molecule has 0 spiro atoms. The molecule has 3 nitrogen and oxygen atoms in total. The van der Waals surface area contributed by atoms with Crippen LogP contribution in [-0.4, -0.2) is 8.42 Å². The van der Waals surface area contributed by atoms with Crippen LogP contribution in [0.5, 0.6) is 0 Å². The van der Waals surface area contributed by atoms with Crippen molar-refractivity contribution in [2.45, 2.75) is 21.6 Å². The molecule has 0 aliphatic carbocycles. The number of sulfonamides is 1. The second kappa shape index (κ2) is 7.70. The second-order valence-electron chi connectivity index (χ2n) is 6.53. The summed E-state index contributed by atoms with van der Waals surface area (Å²) in [7, 11) is -3.64. The topological polar surface area (TPSA) is 46.2 Å². The Morgan fingerprint density at radius 2 is 1.43 bits per heavy atom. The summed E-state index contributed by atoms with van der Waals surface area (Å²) in [6.45, 7) is 1.93. The number of aryl methyl sites for hydroxylation is 1. The number of hydrogen-bond donors (Lipinski definition) is 1. The Balaban J connectivity index is 1.63. The monoisotopic (exact) mass is 405 g/mol. The summed E-state index contributed by atoms with van der Waals surface area (Å²) in [5, 5.41) is 2.34. The van der Waals surface area contributed by atoms with Crippen LogP contribution in [-0.2, 0) is 10.0 Å². The molecule has 140 valence electrons. The van der Waals surface area contributed by atoms with Crippen molar-refractivity contribution < 1.29 is 8.42 Å². The maximum absolute atomic E-state index is 12.8. The third kappa shape index (κ3) is 4.06. The summed E-state index contributed by atoms with van der Waals surface area (Å²) >= 11 is 1.54. The fourth-order valence-electron chi connectivity index (χ4n) is 2.92. The van der Waals surface area contributed by atoms with Gasteiger partial charge >= 0.3 is 0 Å². The van der Waals surface area contributed by atoms with E-state index in [1.807, 2.05) is 37.3 Å². The maximum Gasteiger partial charge on any atom is 0.261 e. The summed E-state index contributed by atoms with van der Waals surface area (Å²) in [6.07, 6.45) is 0. The van der Waals surface area contributed by atoms with E-state index < -0.39 is 10.0 Å². The molecule has 1 N–H and O–H groups in total. The van der Waals surface area contributed by atoms with Crippen molar-refractivity contribution in [3.63, 3.8) is 0 Å². The van der Waals surface area contributed by atoms with Gasteiger partial charge in [-0.05, 0) is 54.1 Å². The molecule has 0 unspecified atom stereocenters. The van der Waals surface area contributed by atoms with Crippen LogP contribution in [0.25, 0.3) is 10.8 Å². The van der Waals surface area contributed by atoms with E-state index in [1.165, 1.54) is 5.39 Å². The Bertz CT molecular complexity index is 1230. The first kappa shape index (κ1) is 18.6. The normalized spacial score (nSPS) is 11.5. The Labute approximate surface area is 169 Å². The third-order valence-electron chi connectivity index (χ3n) is 4.41. The van der Waals surface area contributed by atoms with E-state index in [1.54, 1.807) is 42.1 Å². The number of hydrogen-bond acceptors (Lipinski definition) is 3. The Morgan fingerprint density at radius 3 is 2.21 bits per heavy atom. The van der Waals surface area contributed by atoms with Crippen molar-refractivity contribution >= 4 is 38.2 Å². The Morgan fingerprint density at radius 1 is 0.750 bits per heavy atom. The smallest absolute Gasteiger partial charge is 0.261 e. The first-order valence-corrected chi connectivity index (χ1v) is 11.2. The summed E-state index contributed by atoms with van der Waals surface area (Å²) in [4.78, 5) is 2.16. The molecule has 0 aliphatic heterocycles. The van der Waals surface area contributed by atoms with Gasteiger partial charge in [0.15, 0.2) is 0 Å². The first-order valence-electron chi connectivity index (χ1n) is 8.86. The lowest BCUT2D eigenvalue weighted by Crippen LogP contribution is -2.13. The van der Waals surface area contributed by atoms with Crippen LogP contribution < -0.4 is 4.72 Å². The highest BCUT2D eigenvalue weighted by molar-refractivity contribution is 7.99. The molecule has 0 atom stereocenters. The van der Waals surface area contributed by atoms with Crippen molar-refractivity contribution in [3.8, 4) is 0 Å². The van der Waals surface area contributed by atoms with E-state index in [4.69, 9.17) is 0 Å². The molecule has 4 aromatic rings. The lowest BCUT2D eigenvalue weighted by molar-refractivity contribution is 0.601. The minimum Gasteiger partial charge on any atom is -0.278 e. The highest BCUT2D eigenvalue weighted by Crippen LogP contribution is 2.35. The van der Waals surface area contributed by atoms with Gasteiger partial charge in [-0.3, -0.25) is 4.72 Å². The van der Waals surface area contributed by atoms with Crippen molar-refractivity contribution in [1.82, 2.24) is 0 Å². The lowest BCUT2D eigenvalue weighted by atomic mass is 10.1. The zero-order chi connectivity index (χ0) is 19.6. The van der Waals surface area contributed by atoms with Gasteiger partial charge in [-0.1, -0.05) is 71.9 Å². The van der Waals surface area contributed by atoms with Crippen LogP contribution in [0.15, 0.2) is 106 Å². The molecular weight excluding hydrogens is 386 g/mol. The number of fused-ring (bicyclic) bond motifs is 1. The fourth-order valence-corrected chi connectivity index (χ4v) is 5.01.